The Hall–Kier alpha value is -1.42. The third kappa shape index (κ3) is 2.95. The first-order valence-electron chi connectivity index (χ1n) is 6.44. The van der Waals surface area contributed by atoms with Crippen LogP contribution in [0.4, 0.5) is 4.39 Å². The smallest absolute Gasteiger partial charge is 0.338 e. The Balaban J connectivity index is 3.24. The van der Waals surface area contributed by atoms with Gasteiger partial charge in [-0.1, -0.05) is 32.9 Å². The molecule has 0 saturated heterocycles. The summed E-state index contributed by atoms with van der Waals surface area (Å²) in [6.07, 6.45) is 0.551. The third-order valence-corrected chi connectivity index (χ3v) is 3.60. The minimum Gasteiger partial charge on any atom is -0.467 e. The Morgan fingerprint density at radius 2 is 1.89 bits per heavy atom. The summed E-state index contributed by atoms with van der Waals surface area (Å²) in [5.41, 5.74) is -0.882. The minimum absolute atomic E-state index is 0.310. The lowest BCUT2D eigenvalue weighted by atomic mass is 9.73. The summed E-state index contributed by atoms with van der Waals surface area (Å²) in [5.74, 6) is -1.74. The van der Waals surface area contributed by atoms with Crippen molar-refractivity contribution in [3.8, 4) is 0 Å². The standard InChI is InChI=1S/C15H21FO3/c1-5-13(11-6-8-12(16)9-7-11)15(18,10(2)3)14(17)19-4/h6-10,13,18H,5H2,1-4H3. The van der Waals surface area contributed by atoms with Gasteiger partial charge in [-0.2, -0.15) is 0 Å². The predicted octanol–water partition coefficient (Wildman–Crippen LogP) is 2.88. The lowest BCUT2D eigenvalue weighted by molar-refractivity contribution is -0.171. The lowest BCUT2D eigenvalue weighted by Gasteiger charge is -2.36. The molecule has 3 nitrogen and oxygen atoms in total. The van der Waals surface area contributed by atoms with Gasteiger partial charge in [0, 0.05) is 5.92 Å². The van der Waals surface area contributed by atoms with Crippen molar-refractivity contribution in [2.45, 2.75) is 38.7 Å². The van der Waals surface area contributed by atoms with E-state index in [1.807, 2.05) is 6.92 Å². The van der Waals surface area contributed by atoms with Crippen LogP contribution < -0.4 is 0 Å². The molecule has 0 aliphatic carbocycles. The quantitative estimate of drug-likeness (QED) is 0.835. The zero-order valence-electron chi connectivity index (χ0n) is 11.8. The van der Waals surface area contributed by atoms with Crippen LogP contribution in [0.1, 0.15) is 38.7 Å². The SMILES string of the molecule is CCC(c1ccc(F)cc1)C(O)(C(=O)OC)C(C)C. The molecule has 0 aliphatic rings. The maximum Gasteiger partial charge on any atom is 0.338 e. The second kappa shape index (κ2) is 6.15. The number of rotatable bonds is 5. The van der Waals surface area contributed by atoms with Crippen LogP contribution in [0.15, 0.2) is 24.3 Å². The van der Waals surface area contributed by atoms with E-state index in [4.69, 9.17) is 4.74 Å². The summed E-state index contributed by atoms with van der Waals surface area (Å²) >= 11 is 0. The molecule has 1 rings (SSSR count). The second-order valence-electron chi connectivity index (χ2n) is 4.98. The number of hydrogen-bond acceptors (Lipinski definition) is 3. The Labute approximate surface area is 113 Å². The summed E-state index contributed by atoms with van der Waals surface area (Å²) < 4.78 is 17.7. The number of carbonyl (C=O) groups excluding carboxylic acids is 1. The highest BCUT2D eigenvalue weighted by atomic mass is 19.1. The molecular weight excluding hydrogens is 247 g/mol. The zero-order valence-corrected chi connectivity index (χ0v) is 11.8. The monoisotopic (exact) mass is 268 g/mol. The molecule has 0 aromatic heterocycles. The first-order valence-corrected chi connectivity index (χ1v) is 6.44. The van der Waals surface area contributed by atoms with Crippen molar-refractivity contribution in [2.75, 3.05) is 7.11 Å². The topological polar surface area (TPSA) is 46.5 Å². The molecule has 0 fully saturated rings. The molecule has 19 heavy (non-hydrogen) atoms. The number of carbonyl (C=O) groups is 1. The first kappa shape index (κ1) is 15.6. The van der Waals surface area contributed by atoms with Crippen molar-refractivity contribution in [1.29, 1.82) is 0 Å². The van der Waals surface area contributed by atoms with Gasteiger partial charge in [0.25, 0.3) is 0 Å². The van der Waals surface area contributed by atoms with Crippen LogP contribution in [0.2, 0.25) is 0 Å². The van der Waals surface area contributed by atoms with E-state index in [1.54, 1.807) is 26.0 Å². The van der Waals surface area contributed by atoms with Gasteiger partial charge in [0.05, 0.1) is 7.11 Å². The molecule has 0 radical (unpaired) electrons. The fraction of sp³-hybridized carbons (Fsp3) is 0.533. The van der Waals surface area contributed by atoms with Crippen LogP contribution in [0, 0.1) is 11.7 Å². The van der Waals surface area contributed by atoms with Gasteiger partial charge in [0.2, 0.25) is 0 Å². The van der Waals surface area contributed by atoms with Gasteiger partial charge in [0.15, 0.2) is 5.60 Å². The largest absolute Gasteiger partial charge is 0.467 e. The predicted molar refractivity (Wildman–Crippen MR) is 71.2 cm³/mol. The average molecular weight is 268 g/mol. The van der Waals surface area contributed by atoms with E-state index in [2.05, 4.69) is 0 Å². The van der Waals surface area contributed by atoms with E-state index in [9.17, 15) is 14.3 Å². The summed E-state index contributed by atoms with van der Waals surface area (Å²) in [5, 5.41) is 10.8. The van der Waals surface area contributed by atoms with Gasteiger partial charge in [-0.15, -0.1) is 0 Å². The number of halogens is 1. The number of benzene rings is 1. The molecule has 0 aliphatic heterocycles. The van der Waals surface area contributed by atoms with Crippen molar-refractivity contribution < 1.29 is 19.0 Å². The highest BCUT2D eigenvalue weighted by Crippen LogP contribution is 2.37. The molecule has 1 aromatic carbocycles. The molecule has 1 N–H and O–H groups in total. The molecule has 0 saturated carbocycles. The zero-order chi connectivity index (χ0) is 14.6. The lowest BCUT2D eigenvalue weighted by Crippen LogP contribution is -2.49. The van der Waals surface area contributed by atoms with Gasteiger partial charge in [-0.3, -0.25) is 0 Å². The van der Waals surface area contributed by atoms with E-state index in [-0.39, 0.29) is 11.7 Å². The number of esters is 1. The molecule has 0 heterocycles. The molecule has 2 unspecified atom stereocenters. The van der Waals surface area contributed by atoms with Crippen LogP contribution in [0.3, 0.4) is 0 Å². The molecule has 0 amide bonds. The molecule has 2 atom stereocenters. The van der Waals surface area contributed by atoms with E-state index < -0.39 is 17.5 Å². The highest BCUT2D eigenvalue weighted by molar-refractivity contribution is 5.81. The molecule has 0 spiro atoms. The van der Waals surface area contributed by atoms with Crippen molar-refractivity contribution >= 4 is 5.97 Å². The van der Waals surface area contributed by atoms with E-state index in [0.29, 0.717) is 6.42 Å². The van der Waals surface area contributed by atoms with Gasteiger partial charge in [-0.05, 0) is 30.0 Å². The van der Waals surface area contributed by atoms with Crippen molar-refractivity contribution in [3.63, 3.8) is 0 Å². The van der Waals surface area contributed by atoms with E-state index in [1.165, 1.54) is 19.2 Å². The van der Waals surface area contributed by atoms with Crippen LogP contribution in [-0.4, -0.2) is 23.8 Å². The first-order chi connectivity index (χ1) is 8.87. The molecule has 106 valence electrons. The fourth-order valence-electron chi connectivity index (χ4n) is 2.44. The number of hydrogen-bond donors (Lipinski definition) is 1. The Bertz CT molecular complexity index is 428. The summed E-state index contributed by atoms with van der Waals surface area (Å²) in [6.45, 7) is 5.41. The van der Waals surface area contributed by atoms with Crippen molar-refractivity contribution in [1.82, 2.24) is 0 Å². The second-order valence-corrected chi connectivity index (χ2v) is 4.98. The van der Waals surface area contributed by atoms with Crippen LogP contribution in [-0.2, 0) is 9.53 Å². The van der Waals surface area contributed by atoms with E-state index >= 15 is 0 Å². The van der Waals surface area contributed by atoms with E-state index in [0.717, 1.165) is 5.56 Å². The van der Waals surface area contributed by atoms with Gasteiger partial charge >= 0.3 is 5.97 Å². The summed E-state index contributed by atoms with van der Waals surface area (Å²) in [7, 11) is 1.26. The van der Waals surface area contributed by atoms with Gasteiger partial charge in [0.1, 0.15) is 5.82 Å². The maximum atomic E-state index is 13.0. The molecular formula is C15H21FO3. The number of ether oxygens (including phenoxy) is 1. The van der Waals surface area contributed by atoms with Crippen molar-refractivity contribution in [2.24, 2.45) is 5.92 Å². The molecule has 1 aromatic rings. The molecule has 0 bridgehead atoms. The van der Waals surface area contributed by atoms with Gasteiger partial charge in [-0.25, -0.2) is 9.18 Å². The van der Waals surface area contributed by atoms with Crippen molar-refractivity contribution in [3.05, 3.63) is 35.6 Å². The van der Waals surface area contributed by atoms with Crippen LogP contribution in [0.25, 0.3) is 0 Å². The highest BCUT2D eigenvalue weighted by Gasteiger charge is 2.47. The summed E-state index contributed by atoms with van der Waals surface area (Å²) in [6, 6.07) is 5.85. The number of methoxy groups -OCH3 is 1. The van der Waals surface area contributed by atoms with Gasteiger partial charge < -0.3 is 9.84 Å². The summed E-state index contributed by atoms with van der Waals surface area (Å²) in [4.78, 5) is 12.0. The maximum absolute atomic E-state index is 13.0. The third-order valence-electron chi connectivity index (χ3n) is 3.60. The number of aliphatic hydroxyl groups is 1. The minimum atomic E-state index is -1.61. The average Bonchev–Trinajstić information content (AvgIpc) is 2.40. The Morgan fingerprint density at radius 3 is 2.26 bits per heavy atom. The Kier molecular flexibility index (Phi) is 5.06. The van der Waals surface area contributed by atoms with Crippen LogP contribution >= 0.6 is 0 Å². The normalized spacial score (nSPS) is 15.9. The fourth-order valence-corrected chi connectivity index (χ4v) is 2.44. The Morgan fingerprint density at radius 1 is 1.37 bits per heavy atom. The van der Waals surface area contributed by atoms with Crippen LogP contribution in [0.5, 0.6) is 0 Å². The molecule has 4 heteroatoms.